The zero-order valence-corrected chi connectivity index (χ0v) is 40.1. The Kier molecular flexibility index (Phi) is 19.5. The first-order chi connectivity index (χ1) is 36.3. The van der Waals surface area contributed by atoms with E-state index in [0.29, 0.717) is 0 Å². The molecule has 0 unspecified atom stereocenters. The minimum atomic E-state index is -2.86. The zero-order chi connectivity index (χ0) is 55.0. The van der Waals surface area contributed by atoms with Crippen LogP contribution in [0.2, 0.25) is 0 Å². The normalized spacial score (nSPS) is 35.6. The van der Waals surface area contributed by atoms with Crippen LogP contribution in [0.4, 0.5) is 0 Å². The van der Waals surface area contributed by atoms with Crippen molar-refractivity contribution in [3.05, 3.63) is 102 Å². The van der Waals surface area contributed by atoms with Crippen molar-refractivity contribution in [2.75, 3.05) is 33.0 Å². The summed E-state index contributed by atoms with van der Waals surface area (Å²) in [5.41, 5.74) is 0.0162. The first-order valence-electron chi connectivity index (χ1n) is 23.5. The molecule has 4 aliphatic heterocycles. The van der Waals surface area contributed by atoms with Crippen LogP contribution in [0.5, 0.6) is 11.5 Å². The highest BCUT2D eigenvalue weighted by Crippen LogP contribution is 2.42. The number of benzene rings is 3. The third-order valence-electron chi connectivity index (χ3n) is 12.6. The molecule has 0 aromatic heterocycles. The van der Waals surface area contributed by atoms with Crippen LogP contribution >= 0.6 is 0 Å². The van der Waals surface area contributed by atoms with E-state index in [1.807, 2.05) is 0 Å². The minimum Gasteiger partial charge on any atom is -0.504 e. The predicted octanol–water partition coefficient (Wildman–Crippen LogP) is -3.77. The molecular formula is C49H58O27. The van der Waals surface area contributed by atoms with Crippen LogP contribution in [0, 0.1) is 0 Å². The Morgan fingerprint density at radius 1 is 0.566 bits per heavy atom. The summed E-state index contributed by atoms with van der Waals surface area (Å²) in [5.74, 6) is -8.23. The van der Waals surface area contributed by atoms with Gasteiger partial charge < -0.3 is 113 Å². The Bertz CT molecular complexity index is 2440. The van der Waals surface area contributed by atoms with E-state index in [2.05, 4.69) is 0 Å². The van der Waals surface area contributed by atoms with E-state index in [1.165, 1.54) is 54.6 Å². The maximum Gasteiger partial charge on any atom is 0.338 e. The summed E-state index contributed by atoms with van der Waals surface area (Å²) in [7, 11) is 0. The largest absolute Gasteiger partial charge is 0.504 e. The van der Waals surface area contributed by atoms with E-state index in [0.717, 1.165) is 31.2 Å². The van der Waals surface area contributed by atoms with Crippen LogP contribution in [0.1, 0.15) is 33.2 Å². The summed E-state index contributed by atoms with van der Waals surface area (Å²) < 4.78 is 65.1. The molecular weight excluding hydrogens is 1020 g/mol. The van der Waals surface area contributed by atoms with Crippen LogP contribution in [0.3, 0.4) is 0 Å². The summed E-state index contributed by atoms with van der Waals surface area (Å²) in [4.78, 5) is 53.1. The first kappa shape index (κ1) is 57.9. The highest BCUT2D eigenvalue weighted by atomic mass is 16.8. The molecule has 7 rings (SSSR count). The van der Waals surface area contributed by atoms with Crippen molar-refractivity contribution in [1.82, 2.24) is 0 Å². The van der Waals surface area contributed by atoms with Gasteiger partial charge in [-0.05, 0) is 48.0 Å². The number of hydrogen-bond donors (Lipinski definition) is 12. The number of rotatable bonds is 19. The zero-order valence-electron chi connectivity index (χ0n) is 40.1. The van der Waals surface area contributed by atoms with E-state index >= 15 is 0 Å². The van der Waals surface area contributed by atoms with Crippen LogP contribution in [0.15, 0.2) is 84.9 Å². The topological polar surface area (TPSA) is 413 Å². The van der Waals surface area contributed by atoms with Gasteiger partial charge in [0, 0.05) is 13.0 Å². The molecule has 4 saturated heterocycles. The lowest BCUT2D eigenvalue weighted by Crippen LogP contribution is -2.69. The van der Waals surface area contributed by atoms with Gasteiger partial charge in [0.2, 0.25) is 5.79 Å². The van der Waals surface area contributed by atoms with Gasteiger partial charge in [-0.25, -0.2) is 14.4 Å². The third kappa shape index (κ3) is 13.1. The SMILES string of the molecule is CC(=O)OC[C@H]1O[C@@H](O[C@@H]2[C@@H](O[C@@H]3O[C@H](CO)[C@@H](O)[C@H](O)[C@H]3O)[C@@H](O[C@]3(COC(=O)c4ccccc4)O[C@H](CO)[C@@H](O)[C@@H]3OC(=O)c3ccccc3)O[C@H](CO)[C@H]2OC(=O)/C=C/c2ccc(O)c(O)c2)[C@H](O)[C@@H](O)[C@@H]1O. The van der Waals surface area contributed by atoms with Gasteiger partial charge in [0.15, 0.2) is 42.6 Å². The van der Waals surface area contributed by atoms with Gasteiger partial charge in [-0.1, -0.05) is 42.5 Å². The highest BCUT2D eigenvalue weighted by molar-refractivity contribution is 5.90. The Morgan fingerprint density at radius 2 is 1.12 bits per heavy atom. The summed E-state index contributed by atoms with van der Waals surface area (Å²) >= 11 is 0. The number of aromatic hydroxyl groups is 2. The molecule has 4 heterocycles. The minimum absolute atomic E-state index is 0.0365. The van der Waals surface area contributed by atoms with Crippen molar-refractivity contribution in [3.63, 3.8) is 0 Å². The molecule has 27 heteroatoms. The average Bonchev–Trinajstić information content (AvgIpc) is 3.73. The highest BCUT2D eigenvalue weighted by Gasteiger charge is 2.64. The summed E-state index contributed by atoms with van der Waals surface area (Å²) in [6, 6.07) is 18.0. The molecule has 0 saturated carbocycles. The van der Waals surface area contributed by atoms with Gasteiger partial charge in [-0.3, -0.25) is 4.79 Å². The smallest absolute Gasteiger partial charge is 0.338 e. The number of carbonyl (C=O) groups excluding carboxylic acids is 4. The molecule has 0 bridgehead atoms. The quantitative estimate of drug-likeness (QED) is 0.0237. The molecule has 3 aromatic rings. The van der Waals surface area contributed by atoms with Gasteiger partial charge in [-0.2, -0.15) is 0 Å². The second kappa shape index (κ2) is 25.6. The molecule has 0 aliphatic carbocycles. The summed E-state index contributed by atoms with van der Waals surface area (Å²) in [6.45, 7) is -4.09. The number of ether oxygens (including phenoxy) is 11. The number of hydrogen-bond acceptors (Lipinski definition) is 27. The fourth-order valence-corrected chi connectivity index (χ4v) is 8.58. The van der Waals surface area contributed by atoms with Gasteiger partial charge in [0.1, 0.15) is 92.6 Å². The lowest BCUT2D eigenvalue weighted by atomic mass is 9.95. The molecule has 3 aromatic carbocycles. The number of phenols is 2. The Morgan fingerprint density at radius 3 is 1.70 bits per heavy atom. The van der Waals surface area contributed by atoms with Gasteiger partial charge in [0.25, 0.3) is 0 Å². The van der Waals surface area contributed by atoms with Crippen molar-refractivity contribution in [2.45, 2.75) is 123 Å². The van der Waals surface area contributed by atoms with Crippen molar-refractivity contribution < 1.29 is 133 Å². The van der Waals surface area contributed by atoms with E-state index in [-0.39, 0.29) is 16.7 Å². The molecule has 19 atom stereocenters. The molecule has 0 spiro atoms. The molecule has 0 radical (unpaired) electrons. The lowest BCUT2D eigenvalue weighted by molar-refractivity contribution is -0.421. The van der Waals surface area contributed by atoms with E-state index in [4.69, 9.17) is 52.1 Å². The number of phenolic OH excluding ortho intramolecular Hbond substituents is 2. The third-order valence-corrected chi connectivity index (χ3v) is 12.6. The fourth-order valence-electron chi connectivity index (χ4n) is 8.58. The van der Waals surface area contributed by atoms with Gasteiger partial charge >= 0.3 is 23.9 Å². The maximum absolute atomic E-state index is 13.8. The van der Waals surface area contributed by atoms with E-state index in [1.54, 1.807) is 12.1 Å². The molecule has 0 amide bonds. The van der Waals surface area contributed by atoms with Crippen LogP contribution in [-0.4, -0.2) is 234 Å². The Hall–Kier alpha value is -5.80. The molecule has 12 N–H and O–H groups in total. The van der Waals surface area contributed by atoms with Crippen molar-refractivity contribution >= 4 is 30.0 Å². The Balaban J connectivity index is 1.37. The molecule has 27 nitrogen and oxygen atoms in total. The number of aliphatic hydroxyl groups excluding tert-OH is 10. The first-order valence-corrected chi connectivity index (χ1v) is 23.5. The van der Waals surface area contributed by atoms with Gasteiger partial charge in [0.05, 0.1) is 30.9 Å². The van der Waals surface area contributed by atoms with Crippen LogP contribution < -0.4 is 0 Å². The number of carbonyl (C=O) groups is 4. The average molecular weight is 1080 g/mol. The van der Waals surface area contributed by atoms with Crippen LogP contribution in [-0.2, 0) is 61.7 Å². The van der Waals surface area contributed by atoms with Crippen molar-refractivity contribution in [2.24, 2.45) is 0 Å². The second-order valence-electron chi connectivity index (χ2n) is 17.8. The second-order valence-corrected chi connectivity index (χ2v) is 17.8. The predicted molar refractivity (Wildman–Crippen MR) is 245 cm³/mol. The van der Waals surface area contributed by atoms with E-state index < -0.39 is 185 Å². The van der Waals surface area contributed by atoms with Gasteiger partial charge in [-0.15, -0.1) is 0 Å². The standard InChI is InChI=1S/C49H58O27/c1-22(53)66-20-31-34(58)37(61)39(63)47(70-31)72-41-40(71-32(56)15-13-23-12-14-26(54)27(55)16-23)30(19-52)69-48(42(41)73-46-38(62)36(60)33(57)28(17-50)68-46)76-49(21-67-44(64)24-8-4-2-5-9-24)43(35(59)29(18-51)75-49)74-45(65)25-10-6-3-7-11-25/h2-16,28-31,33-43,46-48,50-52,54-55,57-63H,17-21H2,1H3/b15-13+/t28-,29-,30-,31-,33-,34-,35-,36+,37+,38-,39-,40-,41+,42-,43+,46+,47+,48-,49+/m1/s1. The lowest BCUT2D eigenvalue weighted by Gasteiger charge is -2.50. The molecule has 76 heavy (non-hydrogen) atoms. The van der Waals surface area contributed by atoms with Crippen molar-refractivity contribution in [3.8, 4) is 11.5 Å². The molecule has 416 valence electrons. The van der Waals surface area contributed by atoms with Crippen molar-refractivity contribution in [1.29, 1.82) is 0 Å². The fraction of sp³-hybridized carbons (Fsp3) is 0.510. The van der Waals surface area contributed by atoms with Crippen LogP contribution in [0.25, 0.3) is 6.08 Å². The van der Waals surface area contributed by atoms with E-state index in [9.17, 15) is 80.5 Å². The molecule has 4 aliphatic rings. The number of esters is 4. The number of aliphatic hydroxyl groups is 10. The summed E-state index contributed by atoms with van der Waals surface area (Å²) in [5, 5.41) is 130. The monoisotopic (exact) mass is 1080 g/mol. The summed E-state index contributed by atoms with van der Waals surface area (Å²) in [6.07, 6.45) is -35.4. The molecule has 4 fully saturated rings. The maximum atomic E-state index is 13.8. The Labute approximate surface area is 431 Å².